The van der Waals surface area contributed by atoms with Crippen molar-refractivity contribution < 1.29 is 4.79 Å². The second kappa shape index (κ2) is 5.15. The quantitative estimate of drug-likeness (QED) is 0.754. The van der Waals surface area contributed by atoms with Gasteiger partial charge in [0.05, 0.1) is 0 Å². The fourth-order valence-corrected chi connectivity index (χ4v) is 2.34. The number of thioether (sulfide) groups is 1. The van der Waals surface area contributed by atoms with Crippen LogP contribution in [0.15, 0.2) is 47.6 Å². The third-order valence-corrected chi connectivity index (χ3v) is 3.16. The Morgan fingerprint density at radius 2 is 1.82 bits per heavy atom. The molecule has 0 aliphatic rings. The number of pyridine rings is 1. The molecule has 0 amide bonds. The molecule has 17 heavy (non-hydrogen) atoms. The highest BCUT2D eigenvalue weighted by molar-refractivity contribution is 8.14. The number of rotatable bonds is 2. The van der Waals surface area contributed by atoms with E-state index in [0.717, 1.165) is 33.5 Å². The third-order valence-electron chi connectivity index (χ3n) is 2.29. The van der Waals surface area contributed by atoms with E-state index in [9.17, 15) is 4.79 Å². The van der Waals surface area contributed by atoms with Gasteiger partial charge in [0.1, 0.15) is 5.03 Å². The Kier molecular flexibility index (Phi) is 3.59. The van der Waals surface area contributed by atoms with Gasteiger partial charge in [0.25, 0.3) is 0 Å². The summed E-state index contributed by atoms with van der Waals surface area (Å²) >= 11 is 1.16. The van der Waals surface area contributed by atoms with Crippen LogP contribution in [0.2, 0.25) is 0 Å². The molecule has 1 heterocycles. The molecule has 0 unspecified atom stereocenters. The minimum Gasteiger partial charge on any atom is -0.281 e. The second-order valence-corrected chi connectivity index (χ2v) is 4.93. The van der Waals surface area contributed by atoms with E-state index in [2.05, 4.69) is 11.1 Å². The van der Waals surface area contributed by atoms with Gasteiger partial charge in [0.15, 0.2) is 0 Å². The Balaban J connectivity index is 2.20. The number of hydrogen-bond acceptors (Lipinski definition) is 3. The molecular weight excluding hydrogens is 230 g/mol. The largest absolute Gasteiger partial charge is 0.281 e. The van der Waals surface area contributed by atoms with Gasteiger partial charge in [-0.15, -0.1) is 0 Å². The monoisotopic (exact) mass is 243 g/mol. The second-order valence-electron chi connectivity index (χ2n) is 3.93. The zero-order valence-corrected chi connectivity index (χ0v) is 10.6. The van der Waals surface area contributed by atoms with Crippen molar-refractivity contribution in [2.75, 3.05) is 0 Å². The molecule has 86 valence electrons. The van der Waals surface area contributed by atoms with Gasteiger partial charge in [0, 0.05) is 11.8 Å². The molecule has 0 radical (unpaired) electrons. The first-order chi connectivity index (χ1) is 8.15. The lowest BCUT2D eigenvalue weighted by Crippen LogP contribution is -1.95. The van der Waals surface area contributed by atoms with Crippen LogP contribution >= 0.6 is 11.8 Å². The van der Waals surface area contributed by atoms with Crippen molar-refractivity contribution in [2.24, 2.45) is 0 Å². The summed E-state index contributed by atoms with van der Waals surface area (Å²) < 4.78 is 0. The third kappa shape index (κ3) is 3.17. The summed E-state index contributed by atoms with van der Waals surface area (Å²) in [6.07, 6.45) is 1.69. The first-order valence-corrected chi connectivity index (χ1v) is 6.18. The van der Waals surface area contributed by atoms with Gasteiger partial charge >= 0.3 is 0 Å². The standard InChI is InChI=1S/C14H13NOS/c1-10-7-11(2)9-12(8-10)14(16)17-13-5-3-4-6-15-13/h3-9H,1-2H3. The Morgan fingerprint density at radius 1 is 1.12 bits per heavy atom. The minimum atomic E-state index is 0.0375. The molecule has 0 atom stereocenters. The number of hydrogen-bond donors (Lipinski definition) is 0. The molecule has 0 N–H and O–H groups in total. The Bertz CT molecular complexity index is 517. The van der Waals surface area contributed by atoms with E-state index in [-0.39, 0.29) is 5.12 Å². The molecule has 0 bridgehead atoms. The lowest BCUT2D eigenvalue weighted by atomic mass is 10.1. The normalized spacial score (nSPS) is 10.2. The summed E-state index contributed by atoms with van der Waals surface area (Å²) in [6, 6.07) is 11.4. The molecule has 2 rings (SSSR count). The Morgan fingerprint density at radius 3 is 2.41 bits per heavy atom. The maximum atomic E-state index is 12.0. The van der Waals surface area contributed by atoms with E-state index in [0.29, 0.717) is 0 Å². The molecule has 0 saturated heterocycles. The summed E-state index contributed by atoms with van der Waals surface area (Å²) in [5.41, 5.74) is 2.95. The van der Waals surface area contributed by atoms with E-state index in [1.165, 1.54) is 0 Å². The molecule has 1 aromatic carbocycles. The lowest BCUT2D eigenvalue weighted by molar-refractivity contribution is 0.108. The van der Waals surface area contributed by atoms with Crippen molar-refractivity contribution in [3.63, 3.8) is 0 Å². The molecule has 1 aromatic heterocycles. The fourth-order valence-electron chi connectivity index (χ4n) is 1.65. The molecule has 3 heteroatoms. The van der Waals surface area contributed by atoms with Crippen LogP contribution < -0.4 is 0 Å². The van der Waals surface area contributed by atoms with Gasteiger partial charge in [-0.05, 0) is 49.9 Å². The van der Waals surface area contributed by atoms with E-state index in [4.69, 9.17) is 0 Å². The van der Waals surface area contributed by atoms with E-state index >= 15 is 0 Å². The Labute approximate surface area is 105 Å². The number of carbonyl (C=O) groups excluding carboxylic acids is 1. The molecule has 2 aromatic rings. The van der Waals surface area contributed by atoms with Crippen LogP contribution in [-0.4, -0.2) is 10.1 Å². The van der Waals surface area contributed by atoms with Gasteiger partial charge in [-0.3, -0.25) is 4.79 Å². The van der Waals surface area contributed by atoms with Gasteiger partial charge in [-0.2, -0.15) is 0 Å². The summed E-state index contributed by atoms with van der Waals surface area (Å²) in [5.74, 6) is 0. The summed E-state index contributed by atoms with van der Waals surface area (Å²) in [6.45, 7) is 3.99. The van der Waals surface area contributed by atoms with Crippen molar-refractivity contribution in [1.29, 1.82) is 0 Å². The van der Waals surface area contributed by atoms with Crippen LogP contribution in [-0.2, 0) is 0 Å². The van der Waals surface area contributed by atoms with E-state index in [1.54, 1.807) is 6.20 Å². The number of aromatic nitrogens is 1. The molecule has 0 aliphatic carbocycles. The van der Waals surface area contributed by atoms with Crippen LogP contribution in [0.1, 0.15) is 21.5 Å². The predicted octanol–water partition coefficient (Wildman–Crippen LogP) is 3.63. The summed E-state index contributed by atoms with van der Waals surface area (Å²) in [7, 11) is 0. The first-order valence-electron chi connectivity index (χ1n) is 5.36. The molecule has 0 spiro atoms. The minimum absolute atomic E-state index is 0.0375. The molecular formula is C14H13NOS. The van der Waals surface area contributed by atoms with Crippen molar-refractivity contribution in [3.8, 4) is 0 Å². The van der Waals surface area contributed by atoms with Gasteiger partial charge in [-0.25, -0.2) is 4.98 Å². The summed E-state index contributed by atoms with van der Waals surface area (Å²) in [4.78, 5) is 16.2. The van der Waals surface area contributed by atoms with Crippen LogP contribution in [0.5, 0.6) is 0 Å². The van der Waals surface area contributed by atoms with Crippen molar-refractivity contribution in [1.82, 2.24) is 4.98 Å². The maximum Gasteiger partial charge on any atom is 0.225 e. The predicted molar refractivity (Wildman–Crippen MR) is 70.3 cm³/mol. The van der Waals surface area contributed by atoms with E-state index < -0.39 is 0 Å². The highest BCUT2D eigenvalue weighted by atomic mass is 32.2. The number of nitrogens with zero attached hydrogens (tertiary/aromatic N) is 1. The molecule has 0 aliphatic heterocycles. The molecule has 0 saturated carbocycles. The first kappa shape index (κ1) is 11.9. The van der Waals surface area contributed by atoms with Crippen molar-refractivity contribution in [2.45, 2.75) is 18.9 Å². The maximum absolute atomic E-state index is 12.0. The SMILES string of the molecule is Cc1cc(C)cc(C(=O)Sc2ccccn2)c1. The average Bonchev–Trinajstić information content (AvgIpc) is 2.29. The molecule has 0 fully saturated rings. The fraction of sp³-hybridized carbons (Fsp3) is 0.143. The van der Waals surface area contributed by atoms with Crippen molar-refractivity contribution in [3.05, 3.63) is 59.3 Å². The lowest BCUT2D eigenvalue weighted by Gasteiger charge is -2.03. The van der Waals surface area contributed by atoms with Crippen LogP contribution in [0.25, 0.3) is 0 Å². The smallest absolute Gasteiger partial charge is 0.225 e. The zero-order valence-electron chi connectivity index (χ0n) is 9.81. The average molecular weight is 243 g/mol. The Hall–Kier alpha value is -1.61. The van der Waals surface area contributed by atoms with Gasteiger partial charge < -0.3 is 0 Å². The van der Waals surface area contributed by atoms with Crippen LogP contribution in [0.3, 0.4) is 0 Å². The highest BCUT2D eigenvalue weighted by Crippen LogP contribution is 2.21. The number of aryl methyl sites for hydroxylation is 2. The number of benzene rings is 1. The van der Waals surface area contributed by atoms with Crippen LogP contribution in [0, 0.1) is 13.8 Å². The van der Waals surface area contributed by atoms with Crippen LogP contribution in [0.4, 0.5) is 0 Å². The van der Waals surface area contributed by atoms with Crippen molar-refractivity contribution >= 4 is 16.9 Å². The van der Waals surface area contributed by atoms with Gasteiger partial charge in [-0.1, -0.05) is 23.3 Å². The summed E-state index contributed by atoms with van der Waals surface area (Å²) in [5, 5.41) is 0.771. The van der Waals surface area contributed by atoms with Gasteiger partial charge in [0.2, 0.25) is 5.12 Å². The zero-order chi connectivity index (χ0) is 12.3. The number of carbonyl (C=O) groups is 1. The molecule has 2 nitrogen and oxygen atoms in total. The van der Waals surface area contributed by atoms with E-state index in [1.807, 2.05) is 44.2 Å². The highest BCUT2D eigenvalue weighted by Gasteiger charge is 2.09. The topological polar surface area (TPSA) is 30.0 Å².